The third-order valence-electron chi connectivity index (χ3n) is 3.91. The summed E-state index contributed by atoms with van der Waals surface area (Å²) in [5.74, 6) is 0.722. The molecule has 0 radical (unpaired) electrons. The smallest absolute Gasteiger partial charge is 0.251 e. The molecule has 0 aliphatic rings. The molecule has 0 spiro atoms. The number of likely N-dealkylation sites (N-methyl/N-ethyl adjacent to an activating group) is 1. The summed E-state index contributed by atoms with van der Waals surface area (Å²) in [5.41, 5.74) is 2.93. The Morgan fingerprint density at radius 2 is 1.92 bits per heavy atom. The van der Waals surface area contributed by atoms with E-state index in [0.717, 1.165) is 28.7 Å². The Hall–Kier alpha value is -2.80. The number of hydrogen-bond acceptors (Lipinski definition) is 5. The van der Waals surface area contributed by atoms with Gasteiger partial charge in [-0.25, -0.2) is 4.98 Å². The molecule has 134 valence electrons. The standard InChI is InChI=1S/C19H21N5OS/c1-24(17-5-3-2-4-6-17)12-11-20-18(25)16-9-7-15(8-10-16)13-26-19-21-14-22-23-19/h2-10,14H,11-13H2,1H3,(H,20,25)(H,21,22,23). The van der Waals surface area contributed by atoms with Crippen LogP contribution in [0.15, 0.2) is 66.1 Å². The van der Waals surface area contributed by atoms with Gasteiger partial charge in [0.1, 0.15) is 6.33 Å². The molecule has 0 saturated carbocycles. The number of nitrogens with one attached hydrogen (secondary N) is 2. The number of para-hydroxylation sites is 1. The fraction of sp³-hybridized carbons (Fsp3) is 0.211. The summed E-state index contributed by atoms with van der Waals surface area (Å²) < 4.78 is 0. The molecular formula is C19H21N5OS. The number of aromatic amines is 1. The first-order valence-electron chi connectivity index (χ1n) is 8.34. The number of H-pyrrole nitrogens is 1. The van der Waals surface area contributed by atoms with Crippen LogP contribution in [0.5, 0.6) is 0 Å². The van der Waals surface area contributed by atoms with Gasteiger partial charge in [-0.1, -0.05) is 42.1 Å². The molecule has 1 amide bonds. The van der Waals surface area contributed by atoms with Gasteiger partial charge >= 0.3 is 0 Å². The van der Waals surface area contributed by atoms with Crippen LogP contribution in [0.3, 0.4) is 0 Å². The summed E-state index contributed by atoms with van der Waals surface area (Å²) in [4.78, 5) is 18.5. The minimum Gasteiger partial charge on any atom is -0.373 e. The van der Waals surface area contributed by atoms with Crippen LogP contribution in [0.1, 0.15) is 15.9 Å². The molecule has 2 aromatic carbocycles. The molecule has 2 N–H and O–H groups in total. The molecule has 0 aliphatic carbocycles. The Labute approximate surface area is 157 Å². The molecule has 26 heavy (non-hydrogen) atoms. The van der Waals surface area contributed by atoms with Gasteiger partial charge in [0.05, 0.1) is 0 Å². The summed E-state index contributed by atoms with van der Waals surface area (Å²) in [6.45, 7) is 1.34. The van der Waals surface area contributed by atoms with Gasteiger partial charge in [-0.15, -0.1) is 0 Å². The van der Waals surface area contributed by atoms with Crippen LogP contribution in [0.2, 0.25) is 0 Å². The van der Waals surface area contributed by atoms with Gasteiger partial charge in [-0.05, 0) is 29.8 Å². The summed E-state index contributed by atoms with van der Waals surface area (Å²) >= 11 is 1.57. The molecule has 0 bridgehead atoms. The van der Waals surface area contributed by atoms with Gasteiger partial charge < -0.3 is 10.2 Å². The van der Waals surface area contributed by atoms with Crippen molar-refractivity contribution in [3.8, 4) is 0 Å². The molecule has 0 atom stereocenters. The van der Waals surface area contributed by atoms with Crippen molar-refractivity contribution in [3.05, 3.63) is 72.1 Å². The topological polar surface area (TPSA) is 73.9 Å². The van der Waals surface area contributed by atoms with Crippen LogP contribution in [0, 0.1) is 0 Å². The lowest BCUT2D eigenvalue weighted by molar-refractivity contribution is 0.0954. The monoisotopic (exact) mass is 367 g/mol. The maximum absolute atomic E-state index is 12.3. The number of thioether (sulfide) groups is 1. The highest BCUT2D eigenvalue weighted by Gasteiger charge is 2.06. The van der Waals surface area contributed by atoms with E-state index in [1.165, 1.54) is 6.33 Å². The molecular weight excluding hydrogens is 346 g/mol. The lowest BCUT2D eigenvalue weighted by Crippen LogP contribution is -2.32. The van der Waals surface area contributed by atoms with Crippen molar-refractivity contribution in [3.63, 3.8) is 0 Å². The largest absolute Gasteiger partial charge is 0.373 e. The number of benzene rings is 2. The van der Waals surface area contributed by atoms with E-state index in [1.54, 1.807) is 11.8 Å². The molecule has 0 unspecified atom stereocenters. The highest BCUT2D eigenvalue weighted by Crippen LogP contribution is 2.18. The average molecular weight is 367 g/mol. The second-order valence-electron chi connectivity index (χ2n) is 5.79. The van der Waals surface area contributed by atoms with Crippen molar-refractivity contribution in [2.75, 3.05) is 25.0 Å². The van der Waals surface area contributed by atoms with E-state index >= 15 is 0 Å². The van der Waals surface area contributed by atoms with E-state index in [-0.39, 0.29) is 5.91 Å². The number of amides is 1. The predicted molar refractivity (Wildman–Crippen MR) is 104 cm³/mol. The maximum atomic E-state index is 12.3. The minimum atomic E-state index is -0.0547. The van der Waals surface area contributed by atoms with Crippen LogP contribution in [-0.2, 0) is 5.75 Å². The molecule has 6 nitrogen and oxygen atoms in total. The zero-order valence-corrected chi connectivity index (χ0v) is 15.4. The van der Waals surface area contributed by atoms with E-state index in [9.17, 15) is 4.79 Å². The van der Waals surface area contributed by atoms with E-state index in [2.05, 4.69) is 37.5 Å². The summed E-state index contributed by atoms with van der Waals surface area (Å²) in [6.07, 6.45) is 1.49. The molecule has 0 aliphatic heterocycles. The second kappa shape index (κ2) is 9.05. The Morgan fingerprint density at radius 3 is 2.62 bits per heavy atom. The average Bonchev–Trinajstić information content (AvgIpc) is 3.21. The van der Waals surface area contributed by atoms with Crippen LogP contribution in [0.25, 0.3) is 0 Å². The lowest BCUT2D eigenvalue weighted by Gasteiger charge is -2.19. The third-order valence-corrected chi connectivity index (χ3v) is 4.86. The molecule has 1 aromatic heterocycles. The Kier molecular flexibility index (Phi) is 6.27. The van der Waals surface area contributed by atoms with Gasteiger partial charge in [0, 0.05) is 37.1 Å². The molecule has 0 fully saturated rings. The Morgan fingerprint density at radius 1 is 1.15 bits per heavy atom. The van der Waals surface area contributed by atoms with Gasteiger partial charge in [-0.2, -0.15) is 5.10 Å². The number of aromatic nitrogens is 3. The summed E-state index contributed by atoms with van der Waals surface area (Å²) in [7, 11) is 2.02. The van der Waals surface area contributed by atoms with Gasteiger partial charge in [0.15, 0.2) is 5.16 Å². The predicted octanol–water partition coefficient (Wildman–Crippen LogP) is 2.96. The van der Waals surface area contributed by atoms with Crippen LogP contribution in [-0.4, -0.2) is 41.2 Å². The van der Waals surface area contributed by atoms with E-state index in [4.69, 9.17) is 0 Å². The first-order chi connectivity index (χ1) is 12.7. The number of carbonyl (C=O) groups excluding carboxylic acids is 1. The third kappa shape index (κ3) is 5.10. The molecule has 1 heterocycles. The van der Waals surface area contributed by atoms with E-state index in [1.807, 2.05) is 49.5 Å². The zero-order chi connectivity index (χ0) is 18.2. The van der Waals surface area contributed by atoms with Crippen molar-refractivity contribution < 1.29 is 4.79 Å². The summed E-state index contributed by atoms with van der Waals surface area (Å²) in [5, 5.41) is 10.4. The van der Waals surface area contributed by atoms with E-state index in [0.29, 0.717) is 12.1 Å². The number of carbonyl (C=O) groups is 1. The SMILES string of the molecule is CN(CCNC(=O)c1ccc(CSc2ncn[nH]2)cc1)c1ccccc1. The first-order valence-corrected chi connectivity index (χ1v) is 9.32. The first kappa shape index (κ1) is 18.0. The zero-order valence-electron chi connectivity index (χ0n) is 14.6. The van der Waals surface area contributed by atoms with Crippen LogP contribution < -0.4 is 10.2 Å². The quantitative estimate of drug-likeness (QED) is 0.599. The van der Waals surface area contributed by atoms with Crippen molar-refractivity contribution in [1.29, 1.82) is 0 Å². The lowest BCUT2D eigenvalue weighted by atomic mass is 10.1. The Bertz CT molecular complexity index is 806. The number of nitrogens with zero attached hydrogens (tertiary/aromatic N) is 3. The molecule has 0 saturated heterocycles. The fourth-order valence-corrected chi connectivity index (χ4v) is 3.15. The Balaban J connectivity index is 1.44. The number of rotatable bonds is 8. The van der Waals surface area contributed by atoms with E-state index < -0.39 is 0 Å². The fourth-order valence-electron chi connectivity index (χ4n) is 2.42. The second-order valence-corrected chi connectivity index (χ2v) is 6.75. The van der Waals surface area contributed by atoms with Crippen molar-refractivity contribution in [2.45, 2.75) is 10.9 Å². The minimum absolute atomic E-state index is 0.0547. The normalized spacial score (nSPS) is 10.5. The highest BCUT2D eigenvalue weighted by molar-refractivity contribution is 7.98. The number of hydrogen-bond donors (Lipinski definition) is 2. The van der Waals surface area contributed by atoms with Crippen molar-refractivity contribution in [1.82, 2.24) is 20.5 Å². The van der Waals surface area contributed by atoms with Crippen LogP contribution >= 0.6 is 11.8 Å². The van der Waals surface area contributed by atoms with Crippen molar-refractivity contribution in [2.24, 2.45) is 0 Å². The highest BCUT2D eigenvalue weighted by atomic mass is 32.2. The van der Waals surface area contributed by atoms with Crippen LogP contribution in [0.4, 0.5) is 5.69 Å². The van der Waals surface area contributed by atoms with Gasteiger partial charge in [0.2, 0.25) is 0 Å². The molecule has 7 heteroatoms. The van der Waals surface area contributed by atoms with Gasteiger partial charge in [-0.3, -0.25) is 9.89 Å². The molecule has 3 aromatic rings. The van der Waals surface area contributed by atoms with Crippen molar-refractivity contribution >= 4 is 23.4 Å². The summed E-state index contributed by atoms with van der Waals surface area (Å²) in [6, 6.07) is 17.8. The van der Waals surface area contributed by atoms with Gasteiger partial charge in [0.25, 0.3) is 5.91 Å². The maximum Gasteiger partial charge on any atom is 0.251 e. The molecule has 3 rings (SSSR count). The number of anilines is 1.